The molecule has 1 amide bonds. The van der Waals surface area contributed by atoms with Gasteiger partial charge >= 0.3 is 6.01 Å². The van der Waals surface area contributed by atoms with Crippen molar-refractivity contribution in [2.24, 2.45) is 5.92 Å². The summed E-state index contributed by atoms with van der Waals surface area (Å²) < 4.78 is 10.5. The molecule has 6 heteroatoms. The zero-order chi connectivity index (χ0) is 12.5. The molecule has 1 fully saturated rings. The molecule has 1 saturated heterocycles. The van der Waals surface area contributed by atoms with Crippen LogP contribution >= 0.6 is 0 Å². The van der Waals surface area contributed by atoms with Gasteiger partial charge < -0.3 is 8.83 Å². The Morgan fingerprint density at radius 2 is 2.39 bits per heavy atom. The van der Waals surface area contributed by atoms with Crippen molar-refractivity contribution in [3.63, 3.8) is 0 Å². The summed E-state index contributed by atoms with van der Waals surface area (Å²) in [6, 6.07) is 3.58. The van der Waals surface area contributed by atoms with Gasteiger partial charge in [0.05, 0.1) is 6.26 Å². The van der Waals surface area contributed by atoms with Crippen molar-refractivity contribution in [1.82, 2.24) is 10.2 Å². The molecule has 6 nitrogen and oxygen atoms in total. The number of terminal acetylenes is 1. The smallest absolute Gasteiger partial charge is 0.325 e. The molecule has 3 rings (SSSR count). The Labute approximate surface area is 103 Å². The molecule has 2 aromatic rings. The van der Waals surface area contributed by atoms with Crippen molar-refractivity contribution in [2.45, 2.75) is 6.42 Å². The maximum Gasteiger partial charge on any atom is 0.325 e. The highest BCUT2D eigenvalue weighted by atomic mass is 16.4. The van der Waals surface area contributed by atoms with Gasteiger partial charge in [-0.2, -0.15) is 0 Å². The third-order valence-corrected chi connectivity index (χ3v) is 2.74. The van der Waals surface area contributed by atoms with Crippen molar-refractivity contribution in [3.05, 3.63) is 18.4 Å². The normalized spacial score (nSPS) is 19.2. The summed E-state index contributed by atoms with van der Waals surface area (Å²) in [6.07, 6.45) is 7.13. The lowest BCUT2D eigenvalue weighted by atomic mass is 10.1. The molecule has 0 spiro atoms. The minimum atomic E-state index is -0.104. The first-order valence-corrected chi connectivity index (χ1v) is 5.42. The zero-order valence-corrected chi connectivity index (χ0v) is 9.37. The first-order valence-electron chi connectivity index (χ1n) is 5.42. The predicted octanol–water partition coefficient (Wildman–Crippen LogP) is 1.32. The van der Waals surface area contributed by atoms with E-state index in [1.165, 1.54) is 11.2 Å². The number of hydrogen-bond donors (Lipinski definition) is 0. The van der Waals surface area contributed by atoms with E-state index in [1.807, 2.05) is 0 Å². The highest BCUT2D eigenvalue weighted by molar-refractivity contribution is 5.94. The van der Waals surface area contributed by atoms with Gasteiger partial charge in [0, 0.05) is 18.9 Å². The highest BCUT2D eigenvalue weighted by Crippen LogP contribution is 2.26. The van der Waals surface area contributed by atoms with Crippen LogP contribution in [-0.2, 0) is 4.79 Å². The Kier molecular flexibility index (Phi) is 2.38. The Balaban J connectivity index is 1.86. The average Bonchev–Trinajstić information content (AvgIpc) is 3.08. The van der Waals surface area contributed by atoms with Crippen molar-refractivity contribution < 1.29 is 13.6 Å². The van der Waals surface area contributed by atoms with E-state index in [1.54, 1.807) is 12.1 Å². The minimum Gasteiger partial charge on any atom is -0.459 e. The summed E-state index contributed by atoms with van der Waals surface area (Å²) >= 11 is 0. The zero-order valence-electron chi connectivity index (χ0n) is 9.37. The molecule has 0 aliphatic carbocycles. The van der Waals surface area contributed by atoms with Gasteiger partial charge in [-0.25, -0.2) is 0 Å². The van der Waals surface area contributed by atoms with Gasteiger partial charge in [-0.05, 0) is 12.1 Å². The van der Waals surface area contributed by atoms with Crippen LogP contribution in [-0.4, -0.2) is 22.6 Å². The minimum absolute atomic E-state index is 0.100. The van der Waals surface area contributed by atoms with Crippen LogP contribution in [0.2, 0.25) is 0 Å². The SMILES string of the molecule is C#CC1CC(=O)N(c2nnc(-c3ccco3)o2)C1. The Hall–Kier alpha value is -2.55. The Morgan fingerprint density at radius 3 is 3.06 bits per heavy atom. The van der Waals surface area contributed by atoms with Crippen LogP contribution in [0.15, 0.2) is 27.2 Å². The van der Waals surface area contributed by atoms with Gasteiger partial charge in [0.15, 0.2) is 5.76 Å². The van der Waals surface area contributed by atoms with Crippen LogP contribution in [0.5, 0.6) is 0 Å². The standard InChI is InChI=1S/C12H9N3O3/c1-2-8-6-10(16)15(7-8)12-14-13-11(18-12)9-4-3-5-17-9/h1,3-5,8H,6-7H2. The molecule has 0 bridgehead atoms. The second-order valence-electron chi connectivity index (χ2n) is 3.94. The van der Waals surface area contributed by atoms with E-state index in [0.29, 0.717) is 18.7 Å². The van der Waals surface area contributed by atoms with Crippen molar-refractivity contribution in [3.8, 4) is 24.0 Å². The lowest BCUT2D eigenvalue weighted by molar-refractivity contribution is -0.117. The van der Waals surface area contributed by atoms with Gasteiger partial charge in [-0.3, -0.25) is 9.69 Å². The fraction of sp³-hybridized carbons (Fsp3) is 0.250. The summed E-state index contributed by atoms with van der Waals surface area (Å²) in [7, 11) is 0. The topological polar surface area (TPSA) is 72.4 Å². The third kappa shape index (κ3) is 1.66. The fourth-order valence-corrected chi connectivity index (χ4v) is 1.83. The summed E-state index contributed by atoms with van der Waals surface area (Å²) in [6.45, 7) is 0.412. The molecule has 1 atom stereocenters. The molecular formula is C12H9N3O3. The van der Waals surface area contributed by atoms with Crippen molar-refractivity contribution >= 4 is 11.9 Å². The quantitative estimate of drug-likeness (QED) is 0.744. The predicted molar refractivity (Wildman–Crippen MR) is 61.3 cm³/mol. The second-order valence-corrected chi connectivity index (χ2v) is 3.94. The van der Waals surface area contributed by atoms with E-state index in [-0.39, 0.29) is 23.7 Å². The van der Waals surface area contributed by atoms with E-state index >= 15 is 0 Å². The number of carbonyl (C=O) groups is 1. The van der Waals surface area contributed by atoms with Gasteiger partial charge in [0.25, 0.3) is 5.89 Å². The molecule has 3 heterocycles. The van der Waals surface area contributed by atoms with Crippen molar-refractivity contribution in [2.75, 3.05) is 11.4 Å². The number of nitrogens with zero attached hydrogens (tertiary/aromatic N) is 3. The van der Waals surface area contributed by atoms with Crippen molar-refractivity contribution in [1.29, 1.82) is 0 Å². The molecule has 0 radical (unpaired) electrons. The summed E-state index contributed by atoms with van der Waals surface area (Å²) in [5.74, 6) is 3.06. The van der Waals surface area contributed by atoms with Crippen LogP contribution in [0.25, 0.3) is 11.7 Å². The van der Waals surface area contributed by atoms with Gasteiger partial charge in [-0.15, -0.1) is 17.4 Å². The number of anilines is 1. The lowest BCUT2D eigenvalue weighted by Crippen LogP contribution is -2.24. The number of aromatic nitrogens is 2. The van der Waals surface area contributed by atoms with E-state index < -0.39 is 0 Å². The van der Waals surface area contributed by atoms with E-state index in [9.17, 15) is 4.79 Å². The molecule has 2 aromatic heterocycles. The van der Waals surface area contributed by atoms with Gasteiger partial charge in [0.1, 0.15) is 0 Å². The van der Waals surface area contributed by atoms with Crippen LogP contribution in [0.1, 0.15) is 6.42 Å². The number of rotatable bonds is 2. The monoisotopic (exact) mass is 243 g/mol. The van der Waals surface area contributed by atoms with Gasteiger partial charge in [0.2, 0.25) is 5.91 Å². The van der Waals surface area contributed by atoms with Crippen LogP contribution in [0.4, 0.5) is 6.01 Å². The maximum atomic E-state index is 11.7. The molecular weight excluding hydrogens is 234 g/mol. The molecule has 1 aliphatic heterocycles. The first kappa shape index (κ1) is 10.6. The number of amides is 1. The lowest BCUT2D eigenvalue weighted by Gasteiger charge is -2.08. The number of carbonyl (C=O) groups excluding carboxylic acids is 1. The molecule has 0 aromatic carbocycles. The summed E-state index contributed by atoms with van der Waals surface area (Å²) in [4.78, 5) is 13.1. The van der Waals surface area contributed by atoms with E-state index in [0.717, 1.165) is 0 Å². The molecule has 90 valence electrons. The molecule has 0 saturated carbocycles. The van der Waals surface area contributed by atoms with E-state index in [4.69, 9.17) is 15.3 Å². The average molecular weight is 243 g/mol. The molecule has 1 aliphatic rings. The molecule has 1 unspecified atom stereocenters. The fourth-order valence-electron chi connectivity index (χ4n) is 1.83. The molecule has 0 N–H and O–H groups in total. The third-order valence-electron chi connectivity index (χ3n) is 2.74. The second kappa shape index (κ2) is 4.04. The van der Waals surface area contributed by atoms with Crippen LogP contribution in [0, 0.1) is 18.3 Å². The highest BCUT2D eigenvalue weighted by Gasteiger charge is 2.33. The van der Waals surface area contributed by atoms with E-state index in [2.05, 4.69) is 16.1 Å². The number of furan rings is 1. The summed E-state index contributed by atoms with van der Waals surface area (Å²) in [5, 5.41) is 7.67. The largest absolute Gasteiger partial charge is 0.459 e. The Morgan fingerprint density at radius 1 is 1.50 bits per heavy atom. The first-order chi connectivity index (χ1) is 8.78. The molecule has 18 heavy (non-hydrogen) atoms. The van der Waals surface area contributed by atoms with Crippen LogP contribution < -0.4 is 4.90 Å². The maximum absolute atomic E-state index is 11.7. The van der Waals surface area contributed by atoms with Gasteiger partial charge in [-0.1, -0.05) is 5.10 Å². The van der Waals surface area contributed by atoms with Crippen LogP contribution in [0.3, 0.4) is 0 Å². The number of hydrogen-bond acceptors (Lipinski definition) is 5. The Bertz CT molecular complexity index is 609. The summed E-state index contributed by atoms with van der Waals surface area (Å²) in [5.41, 5.74) is 0.